The highest BCUT2D eigenvalue weighted by Gasteiger charge is 2.28. The maximum Gasteiger partial charge on any atom is 0.156 e. The maximum absolute atomic E-state index is 8.73. The van der Waals surface area contributed by atoms with E-state index in [4.69, 9.17) is 10.9 Å². The van der Waals surface area contributed by atoms with Gasteiger partial charge in [0.25, 0.3) is 0 Å². The largest absolute Gasteiger partial charge is 0.409 e. The Balaban J connectivity index is 2.67. The molecule has 0 amide bonds. The van der Waals surface area contributed by atoms with Crippen molar-refractivity contribution >= 4 is 17.6 Å². The van der Waals surface area contributed by atoms with Crippen molar-refractivity contribution in [2.75, 3.05) is 13.1 Å². The first-order chi connectivity index (χ1) is 7.08. The molecular weight excluding hydrogens is 210 g/mol. The number of hydrogen-bond donors (Lipinski definition) is 2. The van der Waals surface area contributed by atoms with E-state index in [1.165, 1.54) is 0 Å². The van der Waals surface area contributed by atoms with E-state index in [1.54, 1.807) is 0 Å². The van der Waals surface area contributed by atoms with Crippen molar-refractivity contribution in [3.05, 3.63) is 0 Å². The summed E-state index contributed by atoms with van der Waals surface area (Å²) in [6.45, 7) is 8.56. The van der Waals surface area contributed by atoms with Crippen molar-refractivity contribution in [3.8, 4) is 0 Å². The fourth-order valence-electron chi connectivity index (χ4n) is 2.19. The number of nitrogens with zero attached hydrogens (tertiary/aromatic N) is 2. The Hall–Kier alpha value is -0.420. The van der Waals surface area contributed by atoms with Gasteiger partial charge >= 0.3 is 0 Å². The number of oxime groups is 1. The fraction of sp³-hybridized carbons (Fsp3) is 0.900. The third-order valence-corrected chi connectivity index (χ3v) is 3.96. The van der Waals surface area contributed by atoms with E-state index < -0.39 is 0 Å². The first-order valence-electron chi connectivity index (χ1n) is 5.45. The number of amidine groups is 1. The van der Waals surface area contributed by atoms with Crippen LogP contribution in [0.15, 0.2) is 5.16 Å². The Morgan fingerprint density at radius 2 is 2.07 bits per heavy atom. The van der Waals surface area contributed by atoms with E-state index >= 15 is 0 Å². The summed E-state index contributed by atoms with van der Waals surface area (Å²) in [5, 5.41) is 13.1. The highest BCUT2D eigenvalue weighted by molar-refractivity contribution is 8.00. The van der Waals surface area contributed by atoms with Gasteiger partial charge in [0, 0.05) is 23.6 Å². The average Bonchev–Trinajstić information content (AvgIpc) is 2.17. The molecule has 3 unspecified atom stereocenters. The van der Waals surface area contributed by atoms with Crippen molar-refractivity contribution in [2.45, 2.75) is 43.7 Å². The summed E-state index contributed by atoms with van der Waals surface area (Å²) in [4.78, 5) is 2.32. The van der Waals surface area contributed by atoms with Crippen molar-refractivity contribution in [1.29, 1.82) is 0 Å². The quantitative estimate of drug-likeness (QED) is 0.333. The van der Waals surface area contributed by atoms with Crippen LogP contribution in [0.3, 0.4) is 0 Å². The van der Waals surface area contributed by atoms with Gasteiger partial charge in [-0.05, 0) is 6.42 Å². The topological polar surface area (TPSA) is 61.9 Å². The van der Waals surface area contributed by atoms with Crippen LogP contribution >= 0.6 is 11.8 Å². The van der Waals surface area contributed by atoms with Crippen LogP contribution in [0.5, 0.6) is 0 Å². The monoisotopic (exact) mass is 231 g/mol. The molecule has 3 atom stereocenters. The average molecular weight is 231 g/mol. The Kier molecular flexibility index (Phi) is 4.73. The van der Waals surface area contributed by atoms with E-state index in [9.17, 15) is 0 Å². The minimum Gasteiger partial charge on any atom is -0.409 e. The van der Waals surface area contributed by atoms with Gasteiger partial charge in [-0.2, -0.15) is 11.8 Å². The predicted molar refractivity (Wildman–Crippen MR) is 65.6 cm³/mol. The molecule has 1 heterocycles. The van der Waals surface area contributed by atoms with Crippen LogP contribution in [-0.2, 0) is 0 Å². The number of thioether (sulfide) groups is 1. The summed E-state index contributed by atoms with van der Waals surface area (Å²) in [5.41, 5.74) is 5.70. The molecule has 4 nitrogen and oxygen atoms in total. The van der Waals surface area contributed by atoms with E-state index in [0.29, 0.717) is 16.3 Å². The molecule has 0 saturated carbocycles. The molecule has 1 saturated heterocycles. The first kappa shape index (κ1) is 12.6. The number of rotatable bonds is 3. The van der Waals surface area contributed by atoms with Crippen LogP contribution < -0.4 is 5.73 Å². The molecular formula is C10H21N3OS. The van der Waals surface area contributed by atoms with Gasteiger partial charge in [-0.15, -0.1) is 0 Å². The summed E-state index contributed by atoms with van der Waals surface area (Å²) in [6.07, 6.45) is 0.889. The minimum atomic E-state index is 0.0841. The number of nitrogens with two attached hydrogens (primary N) is 1. The van der Waals surface area contributed by atoms with Gasteiger partial charge in [0.15, 0.2) is 5.84 Å². The van der Waals surface area contributed by atoms with Gasteiger partial charge in [-0.1, -0.05) is 25.9 Å². The molecule has 1 aliphatic rings. The molecule has 1 fully saturated rings. The smallest absolute Gasteiger partial charge is 0.156 e. The molecule has 88 valence electrons. The van der Waals surface area contributed by atoms with Crippen LogP contribution in [0.4, 0.5) is 0 Å². The maximum atomic E-state index is 8.73. The lowest BCUT2D eigenvalue weighted by atomic mass is 10.1. The lowest BCUT2D eigenvalue weighted by molar-refractivity contribution is 0.225. The molecule has 0 aromatic carbocycles. The third kappa shape index (κ3) is 3.28. The molecule has 0 aromatic rings. The van der Waals surface area contributed by atoms with Crippen molar-refractivity contribution in [1.82, 2.24) is 4.90 Å². The van der Waals surface area contributed by atoms with E-state index in [1.807, 2.05) is 11.8 Å². The SMILES string of the molecule is CCC(C(N)=NO)N1CC(C)SC(C)C1. The fourth-order valence-corrected chi connectivity index (χ4v) is 3.54. The normalized spacial score (nSPS) is 31.5. The van der Waals surface area contributed by atoms with E-state index in [2.05, 4.69) is 30.8 Å². The van der Waals surface area contributed by atoms with Gasteiger partial charge in [0.2, 0.25) is 0 Å². The molecule has 0 bridgehead atoms. The standard InChI is InChI=1S/C10H21N3OS/c1-4-9(10(11)12-14)13-5-7(2)15-8(3)6-13/h7-9,14H,4-6H2,1-3H3,(H2,11,12). The number of hydrogen-bond acceptors (Lipinski definition) is 4. The predicted octanol–water partition coefficient (Wildman–Crippen LogP) is 1.34. The second kappa shape index (κ2) is 5.61. The zero-order valence-electron chi connectivity index (χ0n) is 9.68. The lowest BCUT2D eigenvalue weighted by Crippen LogP contribution is -2.51. The van der Waals surface area contributed by atoms with Crippen LogP contribution in [0, 0.1) is 0 Å². The van der Waals surface area contributed by atoms with Crippen molar-refractivity contribution < 1.29 is 5.21 Å². The van der Waals surface area contributed by atoms with Gasteiger partial charge in [-0.25, -0.2) is 0 Å². The second-order valence-electron chi connectivity index (χ2n) is 4.16. The van der Waals surface area contributed by atoms with Gasteiger partial charge in [0.05, 0.1) is 6.04 Å². The summed E-state index contributed by atoms with van der Waals surface area (Å²) >= 11 is 2.01. The Labute approximate surface area is 95.9 Å². The lowest BCUT2D eigenvalue weighted by Gasteiger charge is -2.38. The molecule has 1 aliphatic heterocycles. The van der Waals surface area contributed by atoms with Gasteiger partial charge in [-0.3, -0.25) is 4.90 Å². The summed E-state index contributed by atoms with van der Waals surface area (Å²) in [7, 11) is 0. The van der Waals surface area contributed by atoms with Crippen LogP contribution in [0.25, 0.3) is 0 Å². The Morgan fingerprint density at radius 3 is 2.47 bits per heavy atom. The molecule has 0 spiro atoms. The summed E-state index contributed by atoms with van der Waals surface area (Å²) in [6, 6.07) is 0.0841. The molecule has 0 aliphatic carbocycles. The molecule has 5 heteroatoms. The Bertz CT molecular complexity index is 225. The highest BCUT2D eigenvalue weighted by Crippen LogP contribution is 2.26. The molecule has 0 aromatic heterocycles. The van der Waals surface area contributed by atoms with E-state index in [-0.39, 0.29) is 6.04 Å². The van der Waals surface area contributed by atoms with Crippen LogP contribution in [-0.4, -0.2) is 45.6 Å². The van der Waals surface area contributed by atoms with Crippen LogP contribution in [0.2, 0.25) is 0 Å². The van der Waals surface area contributed by atoms with Gasteiger partial charge in [0.1, 0.15) is 0 Å². The van der Waals surface area contributed by atoms with Crippen LogP contribution in [0.1, 0.15) is 27.2 Å². The van der Waals surface area contributed by atoms with E-state index in [0.717, 1.165) is 19.5 Å². The van der Waals surface area contributed by atoms with Crippen molar-refractivity contribution in [2.24, 2.45) is 10.9 Å². The zero-order valence-corrected chi connectivity index (χ0v) is 10.5. The summed E-state index contributed by atoms with van der Waals surface area (Å²) < 4.78 is 0. The molecule has 0 radical (unpaired) electrons. The molecule has 1 rings (SSSR count). The molecule has 15 heavy (non-hydrogen) atoms. The highest BCUT2D eigenvalue weighted by atomic mass is 32.2. The molecule has 3 N–H and O–H groups in total. The second-order valence-corrected chi connectivity index (χ2v) is 6.04. The third-order valence-electron chi connectivity index (χ3n) is 2.73. The first-order valence-corrected chi connectivity index (χ1v) is 6.39. The zero-order chi connectivity index (χ0) is 11.4. The van der Waals surface area contributed by atoms with Crippen molar-refractivity contribution in [3.63, 3.8) is 0 Å². The summed E-state index contributed by atoms with van der Waals surface area (Å²) in [5.74, 6) is 0.337. The Morgan fingerprint density at radius 1 is 1.53 bits per heavy atom. The minimum absolute atomic E-state index is 0.0841. The van der Waals surface area contributed by atoms with Gasteiger partial charge < -0.3 is 10.9 Å².